The molecular formula is C12H17N3O2. The van der Waals surface area contributed by atoms with Gasteiger partial charge in [-0.05, 0) is 5.56 Å². The van der Waals surface area contributed by atoms with Gasteiger partial charge in [-0.2, -0.15) is 0 Å². The van der Waals surface area contributed by atoms with Crippen molar-refractivity contribution in [3.05, 3.63) is 35.9 Å². The largest absolute Gasteiger partial charge is 0.344 e. The first-order chi connectivity index (χ1) is 8.13. The molecule has 5 nitrogen and oxygen atoms in total. The molecule has 0 heterocycles. The minimum Gasteiger partial charge on any atom is -0.344 e. The Hall–Kier alpha value is -1.88. The van der Waals surface area contributed by atoms with E-state index in [1.165, 1.54) is 6.92 Å². The highest BCUT2D eigenvalue weighted by Crippen LogP contribution is 2.03. The number of amides is 2. The molecule has 0 aliphatic rings. The molecule has 0 fully saturated rings. The molecule has 0 unspecified atom stereocenters. The zero-order valence-corrected chi connectivity index (χ0v) is 9.99. The van der Waals surface area contributed by atoms with E-state index >= 15 is 0 Å². The molecule has 1 aromatic carbocycles. The fraction of sp³-hybridized carbons (Fsp3) is 0.333. The summed E-state index contributed by atoms with van der Waals surface area (Å²) in [6.07, 6.45) is 0.466. The third-order valence-corrected chi connectivity index (χ3v) is 2.22. The van der Waals surface area contributed by atoms with Gasteiger partial charge in [-0.15, -0.1) is 0 Å². The van der Waals surface area contributed by atoms with Crippen LogP contribution in [0.2, 0.25) is 0 Å². The van der Waals surface area contributed by atoms with Gasteiger partial charge in [-0.1, -0.05) is 30.3 Å². The van der Waals surface area contributed by atoms with Crippen molar-refractivity contribution in [3.8, 4) is 0 Å². The Labute approximate surface area is 101 Å². The van der Waals surface area contributed by atoms with Crippen molar-refractivity contribution < 1.29 is 9.59 Å². The van der Waals surface area contributed by atoms with Crippen LogP contribution in [0.5, 0.6) is 0 Å². The molecule has 17 heavy (non-hydrogen) atoms. The van der Waals surface area contributed by atoms with Gasteiger partial charge < -0.3 is 5.32 Å². The number of hydrogen-bond acceptors (Lipinski definition) is 3. The van der Waals surface area contributed by atoms with E-state index < -0.39 is 6.04 Å². The number of nitrogens with one attached hydrogen (secondary N) is 3. The van der Waals surface area contributed by atoms with Gasteiger partial charge in [-0.25, -0.2) is 5.43 Å². The first-order valence-corrected chi connectivity index (χ1v) is 5.41. The maximum Gasteiger partial charge on any atom is 0.256 e. The Morgan fingerprint density at radius 1 is 1.24 bits per heavy atom. The molecule has 2 amide bonds. The standard InChI is InChI=1S/C12H17N3O2/c1-9(16)14-11(12(17)15-13-2)8-10-6-4-3-5-7-10/h3-7,11,13H,8H2,1-2H3,(H,14,16)(H,15,17)/t11-/m0/s1. The fourth-order valence-corrected chi connectivity index (χ4v) is 1.51. The average molecular weight is 235 g/mol. The molecule has 0 bridgehead atoms. The topological polar surface area (TPSA) is 70.2 Å². The van der Waals surface area contributed by atoms with Crippen LogP contribution >= 0.6 is 0 Å². The summed E-state index contributed by atoms with van der Waals surface area (Å²) in [5, 5.41) is 2.62. The summed E-state index contributed by atoms with van der Waals surface area (Å²) >= 11 is 0. The summed E-state index contributed by atoms with van der Waals surface area (Å²) in [7, 11) is 1.60. The van der Waals surface area contributed by atoms with Crippen molar-refractivity contribution in [3.63, 3.8) is 0 Å². The van der Waals surface area contributed by atoms with E-state index in [0.29, 0.717) is 6.42 Å². The van der Waals surface area contributed by atoms with E-state index in [0.717, 1.165) is 5.56 Å². The van der Waals surface area contributed by atoms with Crippen molar-refractivity contribution in [1.29, 1.82) is 0 Å². The molecule has 0 aliphatic heterocycles. The second-order valence-corrected chi connectivity index (χ2v) is 3.68. The van der Waals surface area contributed by atoms with Crippen molar-refractivity contribution >= 4 is 11.8 Å². The predicted octanol–water partition coefficient (Wildman–Crippen LogP) is -0.0156. The minimum atomic E-state index is -0.567. The molecule has 0 saturated carbocycles. The van der Waals surface area contributed by atoms with Crippen LogP contribution in [0.4, 0.5) is 0 Å². The van der Waals surface area contributed by atoms with Crippen LogP contribution in [0, 0.1) is 0 Å². The van der Waals surface area contributed by atoms with Gasteiger partial charge in [0, 0.05) is 20.4 Å². The third kappa shape index (κ3) is 4.65. The van der Waals surface area contributed by atoms with Crippen LogP contribution in [0.25, 0.3) is 0 Å². The number of carbonyl (C=O) groups is 2. The molecule has 1 rings (SSSR count). The molecule has 0 spiro atoms. The van der Waals surface area contributed by atoms with Gasteiger partial charge in [0.15, 0.2) is 0 Å². The maximum absolute atomic E-state index is 11.7. The van der Waals surface area contributed by atoms with Crippen molar-refractivity contribution in [2.24, 2.45) is 0 Å². The number of rotatable bonds is 5. The number of hydrogen-bond donors (Lipinski definition) is 3. The zero-order valence-electron chi connectivity index (χ0n) is 9.99. The molecule has 1 aromatic rings. The van der Waals surface area contributed by atoms with E-state index in [2.05, 4.69) is 16.2 Å². The first-order valence-electron chi connectivity index (χ1n) is 5.41. The van der Waals surface area contributed by atoms with Gasteiger partial charge in [0.2, 0.25) is 5.91 Å². The van der Waals surface area contributed by atoms with E-state index in [9.17, 15) is 9.59 Å². The summed E-state index contributed by atoms with van der Waals surface area (Å²) in [4.78, 5) is 22.7. The highest BCUT2D eigenvalue weighted by molar-refractivity contribution is 5.86. The van der Waals surface area contributed by atoms with Gasteiger partial charge in [-0.3, -0.25) is 15.0 Å². The molecule has 0 aliphatic carbocycles. The zero-order chi connectivity index (χ0) is 12.7. The number of carbonyl (C=O) groups excluding carboxylic acids is 2. The van der Waals surface area contributed by atoms with E-state index in [1.807, 2.05) is 30.3 Å². The lowest BCUT2D eigenvalue weighted by Gasteiger charge is -2.17. The average Bonchev–Trinajstić information content (AvgIpc) is 2.29. The summed E-state index contributed by atoms with van der Waals surface area (Å²) in [5.41, 5.74) is 6.02. The van der Waals surface area contributed by atoms with Gasteiger partial charge in [0.05, 0.1) is 0 Å². The second kappa shape index (κ2) is 6.65. The first kappa shape index (κ1) is 13.2. The highest BCUT2D eigenvalue weighted by Gasteiger charge is 2.19. The lowest BCUT2D eigenvalue weighted by atomic mass is 10.1. The lowest BCUT2D eigenvalue weighted by molar-refractivity contribution is -0.128. The second-order valence-electron chi connectivity index (χ2n) is 3.68. The molecule has 5 heteroatoms. The van der Waals surface area contributed by atoms with Crippen molar-refractivity contribution in [2.75, 3.05) is 7.05 Å². The third-order valence-electron chi connectivity index (χ3n) is 2.22. The van der Waals surface area contributed by atoms with Crippen molar-refractivity contribution in [2.45, 2.75) is 19.4 Å². The molecule has 0 radical (unpaired) electrons. The fourth-order valence-electron chi connectivity index (χ4n) is 1.51. The summed E-state index contributed by atoms with van der Waals surface area (Å²) in [5.74, 6) is -0.483. The monoisotopic (exact) mass is 235 g/mol. The summed E-state index contributed by atoms with van der Waals surface area (Å²) in [6.45, 7) is 1.39. The normalized spacial score (nSPS) is 11.6. The Morgan fingerprint density at radius 2 is 1.88 bits per heavy atom. The van der Waals surface area contributed by atoms with Gasteiger partial charge >= 0.3 is 0 Å². The summed E-state index contributed by atoms with van der Waals surface area (Å²) in [6, 6.07) is 8.97. The maximum atomic E-state index is 11.7. The van der Waals surface area contributed by atoms with Gasteiger partial charge in [0.1, 0.15) is 6.04 Å². The minimum absolute atomic E-state index is 0.225. The molecule has 0 saturated heterocycles. The molecule has 0 aromatic heterocycles. The van der Waals surface area contributed by atoms with Crippen molar-refractivity contribution in [1.82, 2.24) is 16.2 Å². The number of benzene rings is 1. The Balaban J connectivity index is 2.70. The van der Waals surface area contributed by atoms with Crippen LogP contribution in [0.3, 0.4) is 0 Å². The Morgan fingerprint density at radius 3 is 2.41 bits per heavy atom. The molecular weight excluding hydrogens is 218 g/mol. The highest BCUT2D eigenvalue weighted by atomic mass is 16.2. The van der Waals surface area contributed by atoms with Crippen LogP contribution in [-0.4, -0.2) is 24.9 Å². The smallest absolute Gasteiger partial charge is 0.256 e. The molecule has 92 valence electrons. The van der Waals surface area contributed by atoms with Crippen LogP contribution in [0.15, 0.2) is 30.3 Å². The van der Waals surface area contributed by atoms with Crippen LogP contribution in [-0.2, 0) is 16.0 Å². The Kier molecular flexibility index (Phi) is 5.16. The van der Waals surface area contributed by atoms with E-state index in [4.69, 9.17) is 0 Å². The van der Waals surface area contributed by atoms with Crippen LogP contribution in [0.1, 0.15) is 12.5 Å². The summed E-state index contributed by atoms with van der Waals surface area (Å²) < 4.78 is 0. The predicted molar refractivity (Wildman–Crippen MR) is 65.0 cm³/mol. The SMILES string of the molecule is CNNC(=O)[C@H](Cc1ccccc1)NC(C)=O. The number of hydrazine groups is 1. The van der Waals surface area contributed by atoms with E-state index in [-0.39, 0.29) is 11.8 Å². The Bertz CT molecular complexity index is 379. The molecule has 1 atom stereocenters. The quantitative estimate of drug-likeness (QED) is 0.628. The van der Waals surface area contributed by atoms with Gasteiger partial charge in [0.25, 0.3) is 5.91 Å². The van der Waals surface area contributed by atoms with E-state index in [1.54, 1.807) is 7.05 Å². The van der Waals surface area contributed by atoms with Crippen LogP contribution < -0.4 is 16.2 Å². The molecule has 3 N–H and O–H groups in total. The lowest BCUT2D eigenvalue weighted by Crippen LogP contribution is -2.50.